The van der Waals surface area contributed by atoms with E-state index >= 15 is 0 Å². The van der Waals surface area contributed by atoms with E-state index in [4.69, 9.17) is 4.42 Å². The van der Waals surface area contributed by atoms with Crippen molar-refractivity contribution in [1.29, 1.82) is 0 Å². The van der Waals surface area contributed by atoms with Gasteiger partial charge in [0.1, 0.15) is 5.58 Å². The third-order valence-corrected chi connectivity index (χ3v) is 3.16. The van der Waals surface area contributed by atoms with E-state index in [1.54, 1.807) is 12.3 Å². The largest absolute Gasteiger partial charge is 0.423 e. The Morgan fingerprint density at radius 3 is 2.71 bits per heavy atom. The summed E-state index contributed by atoms with van der Waals surface area (Å²) in [7, 11) is 0. The number of fused-ring (bicyclic) bond motifs is 1. The number of aryl methyl sites for hydroxylation is 1. The van der Waals surface area contributed by atoms with Gasteiger partial charge in [-0.3, -0.25) is 5.43 Å². The van der Waals surface area contributed by atoms with Gasteiger partial charge in [0.15, 0.2) is 0 Å². The topological polar surface area (TPSA) is 54.6 Å². The first-order valence-electron chi connectivity index (χ1n) is 6.61. The number of hydrogen-bond donors (Lipinski definition) is 1. The highest BCUT2D eigenvalue weighted by Crippen LogP contribution is 2.17. The third-order valence-electron chi connectivity index (χ3n) is 3.16. The fourth-order valence-corrected chi connectivity index (χ4v) is 2.12. The third kappa shape index (κ3) is 3.00. The van der Waals surface area contributed by atoms with Crippen LogP contribution in [-0.2, 0) is 0 Å². The molecule has 3 rings (SSSR count). The summed E-state index contributed by atoms with van der Waals surface area (Å²) < 4.78 is 5.21. The highest BCUT2D eigenvalue weighted by Gasteiger charge is 2.02. The average molecular weight is 278 g/mol. The molecule has 0 aliphatic carbocycles. The van der Waals surface area contributed by atoms with Gasteiger partial charge in [-0.15, -0.1) is 0 Å². The normalized spacial score (nSPS) is 11.1. The fraction of sp³-hybridized carbons (Fsp3) is 0.0588. The predicted octanol–water partition coefficient (Wildman–Crippen LogP) is 3.55. The van der Waals surface area contributed by atoms with Gasteiger partial charge in [0.05, 0.1) is 11.9 Å². The second-order valence-corrected chi connectivity index (χ2v) is 4.74. The Morgan fingerprint density at radius 1 is 1.10 bits per heavy atom. The van der Waals surface area contributed by atoms with Crippen molar-refractivity contribution >= 4 is 22.9 Å². The van der Waals surface area contributed by atoms with Crippen LogP contribution in [-0.4, -0.2) is 6.21 Å². The molecule has 0 atom stereocenters. The van der Waals surface area contributed by atoms with Gasteiger partial charge in [-0.25, -0.2) is 4.79 Å². The fourth-order valence-electron chi connectivity index (χ4n) is 2.12. The number of hydrogen-bond acceptors (Lipinski definition) is 4. The number of anilines is 1. The Bertz CT molecular complexity index is 852. The lowest BCUT2D eigenvalue weighted by molar-refractivity contribution is 0.560. The molecule has 104 valence electrons. The molecule has 4 heteroatoms. The average Bonchev–Trinajstić information content (AvgIpc) is 2.48. The molecule has 0 spiro atoms. The number of rotatable bonds is 3. The van der Waals surface area contributed by atoms with Gasteiger partial charge in [0.25, 0.3) is 0 Å². The van der Waals surface area contributed by atoms with Crippen molar-refractivity contribution < 1.29 is 4.42 Å². The van der Waals surface area contributed by atoms with Crippen LogP contribution in [0.5, 0.6) is 0 Å². The van der Waals surface area contributed by atoms with Crippen LogP contribution >= 0.6 is 0 Å². The first-order valence-corrected chi connectivity index (χ1v) is 6.61. The van der Waals surface area contributed by atoms with Gasteiger partial charge >= 0.3 is 5.63 Å². The van der Waals surface area contributed by atoms with E-state index in [1.807, 2.05) is 49.4 Å². The van der Waals surface area contributed by atoms with Gasteiger partial charge in [0.2, 0.25) is 0 Å². The Labute approximate surface area is 121 Å². The first-order chi connectivity index (χ1) is 10.2. The van der Waals surface area contributed by atoms with Crippen molar-refractivity contribution in [3.05, 3.63) is 76.1 Å². The summed E-state index contributed by atoms with van der Waals surface area (Å²) in [5, 5.41) is 5.10. The lowest BCUT2D eigenvalue weighted by Crippen LogP contribution is -1.98. The van der Waals surface area contributed by atoms with E-state index in [-0.39, 0.29) is 5.63 Å². The van der Waals surface area contributed by atoms with Gasteiger partial charge < -0.3 is 4.42 Å². The zero-order valence-corrected chi connectivity index (χ0v) is 11.5. The number of nitrogens with one attached hydrogen (secondary N) is 1. The molecule has 0 bridgehead atoms. The molecule has 0 aliphatic heterocycles. The van der Waals surface area contributed by atoms with Crippen LogP contribution in [0.3, 0.4) is 0 Å². The van der Waals surface area contributed by atoms with E-state index in [0.717, 1.165) is 22.2 Å². The summed E-state index contributed by atoms with van der Waals surface area (Å²) in [4.78, 5) is 11.4. The number of benzene rings is 2. The molecule has 1 aromatic heterocycles. The molecule has 0 saturated carbocycles. The summed E-state index contributed by atoms with van der Waals surface area (Å²) in [6.45, 7) is 1.89. The van der Waals surface area contributed by atoms with Crippen molar-refractivity contribution in [3.8, 4) is 0 Å². The summed E-state index contributed by atoms with van der Waals surface area (Å²) in [6, 6.07) is 16.8. The summed E-state index contributed by atoms with van der Waals surface area (Å²) >= 11 is 0. The smallest absolute Gasteiger partial charge is 0.336 e. The Hall–Kier alpha value is -2.88. The second kappa shape index (κ2) is 5.63. The summed E-state index contributed by atoms with van der Waals surface area (Å²) in [5.74, 6) is 0. The lowest BCUT2D eigenvalue weighted by Gasteiger charge is -2.02. The molecule has 1 heterocycles. The van der Waals surface area contributed by atoms with Gasteiger partial charge in [-0.1, -0.05) is 30.3 Å². The van der Waals surface area contributed by atoms with Crippen LogP contribution in [0, 0.1) is 6.92 Å². The van der Waals surface area contributed by atoms with Crippen molar-refractivity contribution in [2.75, 3.05) is 5.43 Å². The van der Waals surface area contributed by atoms with Crippen LogP contribution in [0.25, 0.3) is 11.0 Å². The molecule has 3 aromatic rings. The Balaban J connectivity index is 1.86. The first kappa shape index (κ1) is 13.1. The molecule has 2 aromatic carbocycles. The van der Waals surface area contributed by atoms with Crippen LogP contribution in [0.1, 0.15) is 11.1 Å². The van der Waals surface area contributed by atoms with Gasteiger partial charge in [-0.2, -0.15) is 5.10 Å². The zero-order valence-electron chi connectivity index (χ0n) is 11.5. The lowest BCUT2D eigenvalue weighted by atomic mass is 10.1. The maximum atomic E-state index is 11.4. The monoisotopic (exact) mass is 278 g/mol. The van der Waals surface area contributed by atoms with Crippen molar-refractivity contribution in [2.45, 2.75) is 6.92 Å². The van der Waals surface area contributed by atoms with Crippen molar-refractivity contribution in [1.82, 2.24) is 0 Å². The Morgan fingerprint density at radius 2 is 1.90 bits per heavy atom. The molecule has 0 radical (unpaired) electrons. The van der Waals surface area contributed by atoms with E-state index < -0.39 is 0 Å². The second-order valence-electron chi connectivity index (χ2n) is 4.74. The molecule has 0 aliphatic rings. The highest BCUT2D eigenvalue weighted by molar-refractivity contribution is 5.89. The van der Waals surface area contributed by atoms with Crippen LogP contribution in [0.4, 0.5) is 5.69 Å². The van der Waals surface area contributed by atoms with E-state index in [0.29, 0.717) is 5.58 Å². The van der Waals surface area contributed by atoms with E-state index in [1.165, 1.54) is 6.07 Å². The molecule has 0 amide bonds. The zero-order chi connectivity index (χ0) is 14.7. The predicted molar refractivity (Wildman–Crippen MR) is 84.9 cm³/mol. The molecule has 1 N–H and O–H groups in total. The quantitative estimate of drug-likeness (QED) is 0.453. The van der Waals surface area contributed by atoms with E-state index in [2.05, 4.69) is 10.5 Å². The van der Waals surface area contributed by atoms with Crippen molar-refractivity contribution in [3.63, 3.8) is 0 Å². The maximum Gasteiger partial charge on any atom is 0.336 e. The molecule has 0 unspecified atom stereocenters. The minimum Gasteiger partial charge on any atom is -0.423 e. The Kier molecular flexibility index (Phi) is 3.51. The van der Waals surface area contributed by atoms with Crippen LogP contribution in [0.15, 0.2) is 68.9 Å². The molecular formula is C17H14N2O2. The van der Waals surface area contributed by atoms with Crippen molar-refractivity contribution in [2.24, 2.45) is 5.10 Å². The minimum atomic E-state index is -0.337. The van der Waals surface area contributed by atoms with Crippen LogP contribution < -0.4 is 11.1 Å². The molecule has 21 heavy (non-hydrogen) atoms. The van der Waals surface area contributed by atoms with Gasteiger partial charge in [-0.05, 0) is 36.2 Å². The SMILES string of the molecule is Cc1cc(=O)oc2cc(C=NNc3ccccc3)ccc12. The number of hydrazone groups is 1. The maximum absolute atomic E-state index is 11.4. The number of para-hydroxylation sites is 1. The molecule has 0 saturated heterocycles. The molecule has 4 nitrogen and oxygen atoms in total. The summed E-state index contributed by atoms with van der Waals surface area (Å²) in [6.07, 6.45) is 1.69. The number of nitrogens with zero attached hydrogens (tertiary/aromatic N) is 1. The minimum absolute atomic E-state index is 0.337. The standard InChI is InChI=1S/C17H14N2O2/c1-12-9-17(20)21-16-10-13(7-8-15(12)16)11-18-19-14-5-3-2-4-6-14/h2-11,19H,1H3. The summed E-state index contributed by atoms with van der Waals surface area (Å²) in [5.41, 5.74) is 5.86. The molecular weight excluding hydrogens is 264 g/mol. The van der Waals surface area contributed by atoms with E-state index in [9.17, 15) is 4.79 Å². The molecule has 0 fully saturated rings. The van der Waals surface area contributed by atoms with Gasteiger partial charge in [0, 0.05) is 11.5 Å². The van der Waals surface area contributed by atoms with Crippen LogP contribution in [0.2, 0.25) is 0 Å². The highest BCUT2D eigenvalue weighted by atomic mass is 16.4.